The summed E-state index contributed by atoms with van der Waals surface area (Å²) in [6.07, 6.45) is 2.94. The third kappa shape index (κ3) is 4.66. The van der Waals surface area contributed by atoms with Gasteiger partial charge >= 0.3 is 0 Å². The first-order valence-electron chi connectivity index (χ1n) is 7.57. The van der Waals surface area contributed by atoms with Crippen molar-refractivity contribution in [1.29, 1.82) is 0 Å². The molecular weight excluding hydrogens is 310 g/mol. The minimum Gasteiger partial charge on any atom is -0.345 e. The monoisotopic (exact) mass is 331 g/mol. The van der Waals surface area contributed by atoms with Gasteiger partial charge in [-0.1, -0.05) is 43.7 Å². The first-order valence-corrected chi connectivity index (χ1v) is 9.47. The number of nitrogens with one attached hydrogen (secondary N) is 1. The Labute approximate surface area is 137 Å². The van der Waals surface area contributed by atoms with E-state index in [1.807, 2.05) is 30.3 Å². The number of carbonyl (C=O) groups excluding carboxylic acids is 1. The quantitative estimate of drug-likeness (QED) is 0.883. The summed E-state index contributed by atoms with van der Waals surface area (Å²) in [4.78, 5) is 12.6. The summed E-state index contributed by atoms with van der Waals surface area (Å²) in [6.45, 7) is 2.07. The van der Waals surface area contributed by atoms with Crippen LogP contribution < -0.4 is 5.32 Å². The van der Waals surface area contributed by atoms with E-state index in [9.17, 15) is 13.2 Å². The highest BCUT2D eigenvalue weighted by Crippen LogP contribution is 2.19. The molecule has 0 fully saturated rings. The van der Waals surface area contributed by atoms with Gasteiger partial charge in [0, 0.05) is 11.8 Å². The van der Waals surface area contributed by atoms with Crippen LogP contribution in [-0.2, 0) is 9.84 Å². The summed E-state index contributed by atoms with van der Waals surface area (Å²) in [6, 6.07) is 15.8. The van der Waals surface area contributed by atoms with E-state index in [1.54, 1.807) is 12.1 Å². The average molecular weight is 331 g/mol. The summed E-state index contributed by atoms with van der Waals surface area (Å²) >= 11 is 0. The Morgan fingerprint density at radius 1 is 1.04 bits per heavy atom. The molecule has 122 valence electrons. The van der Waals surface area contributed by atoms with Crippen molar-refractivity contribution in [2.24, 2.45) is 0 Å². The first-order chi connectivity index (χ1) is 10.9. The maximum absolute atomic E-state index is 12.4. The Morgan fingerprint density at radius 3 is 2.17 bits per heavy atom. The molecule has 0 heterocycles. The summed E-state index contributed by atoms with van der Waals surface area (Å²) < 4.78 is 22.9. The standard InChI is InChI=1S/C18H21NO3S/c1-3-7-17(14-8-5-4-6-9-14)19-18(20)15-10-12-16(13-11-15)23(2,21)22/h4-6,8-13,17H,3,7H2,1-2H3,(H,19,20)/t17-/m0/s1. The number of sulfone groups is 1. The molecule has 2 aromatic rings. The molecule has 23 heavy (non-hydrogen) atoms. The molecule has 0 spiro atoms. The molecule has 0 aliphatic heterocycles. The van der Waals surface area contributed by atoms with E-state index in [-0.39, 0.29) is 16.8 Å². The molecule has 1 N–H and O–H groups in total. The van der Waals surface area contributed by atoms with Crippen molar-refractivity contribution in [3.05, 3.63) is 65.7 Å². The molecule has 2 aromatic carbocycles. The summed E-state index contributed by atoms with van der Waals surface area (Å²) in [7, 11) is -3.25. The molecule has 2 rings (SSSR count). The van der Waals surface area contributed by atoms with Crippen LogP contribution in [0.4, 0.5) is 0 Å². The van der Waals surface area contributed by atoms with Crippen LogP contribution in [0.25, 0.3) is 0 Å². The fourth-order valence-electron chi connectivity index (χ4n) is 2.39. The zero-order valence-corrected chi connectivity index (χ0v) is 14.1. The number of carbonyl (C=O) groups is 1. The van der Waals surface area contributed by atoms with Crippen LogP contribution in [0.5, 0.6) is 0 Å². The van der Waals surface area contributed by atoms with E-state index >= 15 is 0 Å². The number of hydrogen-bond donors (Lipinski definition) is 1. The molecule has 0 unspecified atom stereocenters. The van der Waals surface area contributed by atoms with Crippen molar-refractivity contribution >= 4 is 15.7 Å². The molecule has 0 aliphatic rings. The minimum absolute atomic E-state index is 0.0525. The second kappa shape index (κ2) is 7.42. The minimum atomic E-state index is -3.25. The van der Waals surface area contributed by atoms with Gasteiger partial charge in [-0.2, -0.15) is 0 Å². The molecule has 0 saturated carbocycles. The second-order valence-electron chi connectivity index (χ2n) is 5.52. The molecule has 5 heteroatoms. The highest BCUT2D eigenvalue weighted by molar-refractivity contribution is 7.90. The normalized spacial score (nSPS) is 12.6. The van der Waals surface area contributed by atoms with Gasteiger partial charge in [-0.05, 0) is 36.2 Å². The third-order valence-electron chi connectivity index (χ3n) is 3.63. The summed E-state index contributed by atoms with van der Waals surface area (Å²) in [5.74, 6) is -0.202. The van der Waals surface area contributed by atoms with Crippen LogP contribution in [0, 0.1) is 0 Å². The maximum Gasteiger partial charge on any atom is 0.251 e. The molecule has 1 atom stereocenters. The van der Waals surface area contributed by atoms with Gasteiger partial charge < -0.3 is 5.32 Å². The Kier molecular flexibility index (Phi) is 5.55. The summed E-state index contributed by atoms with van der Waals surface area (Å²) in [5, 5.41) is 3.02. The molecule has 0 bridgehead atoms. The highest BCUT2D eigenvalue weighted by atomic mass is 32.2. The van der Waals surface area contributed by atoms with E-state index in [1.165, 1.54) is 12.1 Å². The SMILES string of the molecule is CCC[C@H](NC(=O)c1ccc(S(C)(=O)=O)cc1)c1ccccc1. The lowest BCUT2D eigenvalue weighted by molar-refractivity contribution is 0.0934. The van der Waals surface area contributed by atoms with Crippen molar-refractivity contribution in [3.63, 3.8) is 0 Å². The van der Waals surface area contributed by atoms with Gasteiger partial charge in [-0.3, -0.25) is 4.79 Å². The number of benzene rings is 2. The lowest BCUT2D eigenvalue weighted by Gasteiger charge is -2.18. The van der Waals surface area contributed by atoms with Crippen LogP contribution in [0.15, 0.2) is 59.5 Å². The summed E-state index contributed by atoms with van der Waals surface area (Å²) in [5.41, 5.74) is 1.52. The molecule has 0 saturated heterocycles. The average Bonchev–Trinajstić information content (AvgIpc) is 2.54. The number of rotatable bonds is 6. The van der Waals surface area contributed by atoms with Crippen molar-refractivity contribution in [1.82, 2.24) is 5.32 Å². The predicted octanol–water partition coefficient (Wildman–Crippen LogP) is 3.36. The van der Waals surface area contributed by atoms with E-state index in [0.717, 1.165) is 24.7 Å². The van der Waals surface area contributed by atoms with Gasteiger partial charge in [0.1, 0.15) is 0 Å². The van der Waals surface area contributed by atoms with Crippen molar-refractivity contribution < 1.29 is 13.2 Å². The Bertz CT molecular complexity index is 753. The smallest absolute Gasteiger partial charge is 0.251 e. The van der Waals surface area contributed by atoms with Gasteiger partial charge in [0.25, 0.3) is 5.91 Å². The molecule has 0 aliphatic carbocycles. The topological polar surface area (TPSA) is 63.2 Å². The van der Waals surface area contributed by atoms with Crippen molar-refractivity contribution in [2.75, 3.05) is 6.26 Å². The van der Waals surface area contributed by atoms with Gasteiger partial charge in [-0.15, -0.1) is 0 Å². The lowest BCUT2D eigenvalue weighted by atomic mass is 10.0. The zero-order chi connectivity index (χ0) is 16.9. The number of amides is 1. The van der Waals surface area contributed by atoms with Crippen molar-refractivity contribution in [2.45, 2.75) is 30.7 Å². The lowest BCUT2D eigenvalue weighted by Crippen LogP contribution is -2.28. The van der Waals surface area contributed by atoms with Crippen LogP contribution in [0.2, 0.25) is 0 Å². The molecular formula is C18H21NO3S. The van der Waals surface area contributed by atoms with Crippen LogP contribution in [0.3, 0.4) is 0 Å². The zero-order valence-electron chi connectivity index (χ0n) is 13.3. The van der Waals surface area contributed by atoms with Crippen LogP contribution >= 0.6 is 0 Å². The Morgan fingerprint density at radius 2 is 1.65 bits per heavy atom. The molecule has 1 amide bonds. The fraction of sp³-hybridized carbons (Fsp3) is 0.278. The molecule has 0 aromatic heterocycles. The van der Waals surface area contributed by atoms with Crippen LogP contribution in [0.1, 0.15) is 41.7 Å². The highest BCUT2D eigenvalue weighted by Gasteiger charge is 2.15. The first kappa shape index (κ1) is 17.2. The number of hydrogen-bond acceptors (Lipinski definition) is 3. The largest absolute Gasteiger partial charge is 0.345 e. The van der Waals surface area contributed by atoms with E-state index in [4.69, 9.17) is 0 Å². The Hall–Kier alpha value is -2.14. The molecule has 0 radical (unpaired) electrons. The van der Waals surface area contributed by atoms with Gasteiger partial charge in [0.05, 0.1) is 10.9 Å². The van der Waals surface area contributed by atoms with E-state index in [2.05, 4.69) is 12.2 Å². The van der Waals surface area contributed by atoms with Gasteiger partial charge in [0.15, 0.2) is 9.84 Å². The fourth-order valence-corrected chi connectivity index (χ4v) is 3.02. The van der Waals surface area contributed by atoms with Gasteiger partial charge in [-0.25, -0.2) is 8.42 Å². The maximum atomic E-state index is 12.4. The van der Waals surface area contributed by atoms with Crippen molar-refractivity contribution in [3.8, 4) is 0 Å². The van der Waals surface area contributed by atoms with E-state index in [0.29, 0.717) is 5.56 Å². The van der Waals surface area contributed by atoms with Gasteiger partial charge in [0.2, 0.25) is 0 Å². The Balaban J connectivity index is 2.16. The van der Waals surface area contributed by atoms with E-state index < -0.39 is 9.84 Å². The molecule has 4 nitrogen and oxygen atoms in total. The third-order valence-corrected chi connectivity index (χ3v) is 4.76. The second-order valence-corrected chi connectivity index (χ2v) is 7.54. The van der Waals surface area contributed by atoms with Crippen LogP contribution in [-0.4, -0.2) is 20.6 Å². The predicted molar refractivity (Wildman–Crippen MR) is 91.1 cm³/mol.